The number of phenols is 1. The van der Waals surface area contributed by atoms with Gasteiger partial charge in [0.15, 0.2) is 0 Å². The fraction of sp³-hybridized carbons (Fsp3) is 0.111. The monoisotopic (exact) mass is 292 g/mol. The first-order chi connectivity index (χ1) is 10.6. The van der Waals surface area contributed by atoms with Crippen LogP contribution in [-0.4, -0.2) is 27.9 Å². The van der Waals surface area contributed by atoms with Gasteiger partial charge in [-0.1, -0.05) is 36.4 Å². The lowest BCUT2D eigenvalue weighted by Crippen LogP contribution is -2.26. The number of pyridine rings is 1. The molecule has 0 fully saturated rings. The zero-order chi connectivity index (χ0) is 15.5. The number of carbonyl (C=O) groups excluding carboxylic acids is 1. The Labute approximate surface area is 128 Å². The molecule has 110 valence electrons. The Morgan fingerprint density at radius 1 is 1.05 bits per heavy atom. The van der Waals surface area contributed by atoms with E-state index < -0.39 is 0 Å². The highest BCUT2D eigenvalue weighted by Gasteiger charge is 2.14. The maximum absolute atomic E-state index is 12.5. The Hall–Kier alpha value is -2.88. The van der Waals surface area contributed by atoms with Gasteiger partial charge < -0.3 is 10.0 Å². The maximum Gasteiger partial charge on any atom is 0.272 e. The van der Waals surface area contributed by atoms with Crippen LogP contribution in [0.15, 0.2) is 60.7 Å². The van der Waals surface area contributed by atoms with Gasteiger partial charge in [0.25, 0.3) is 5.91 Å². The molecule has 0 bridgehead atoms. The summed E-state index contributed by atoms with van der Waals surface area (Å²) in [6.45, 7) is 0.466. The molecule has 4 heteroatoms. The zero-order valence-electron chi connectivity index (χ0n) is 12.2. The summed E-state index contributed by atoms with van der Waals surface area (Å²) in [6.07, 6.45) is 0. The average molecular weight is 292 g/mol. The van der Waals surface area contributed by atoms with Crippen LogP contribution in [-0.2, 0) is 6.54 Å². The molecule has 0 aliphatic heterocycles. The molecule has 3 rings (SSSR count). The molecule has 0 aliphatic rings. The summed E-state index contributed by atoms with van der Waals surface area (Å²) >= 11 is 0. The van der Waals surface area contributed by atoms with Crippen molar-refractivity contribution in [3.05, 3.63) is 71.9 Å². The van der Waals surface area contributed by atoms with Crippen LogP contribution >= 0.6 is 0 Å². The number of amides is 1. The molecule has 1 amide bonds. The molecule has 1 heterocycles. The Morgan fingerprint density at radius 3 is 2.55 bits per heavy atom. The summed E-state index contributed by atoms with van der Waals surface area (Å²) in [5.41, 5.74) is 2.20. The number of hydrogen-bond acceptors (Lipinski definition) is 3. The van der Waals surface area contributed by atoms with E-state index in [4.69, 9.17) is 0 Å². The van der Waals surface area contributed by atoms with E-state index >= 15 is 0 Å². The van der Waals surface area contributed by atoms with E-state index in [2.05, 4.69) is 4.98 Å². The van der Waals surface area contributed by atoms with E-state index in [1.165, 1.54) is 0 Å². The van der Waals surface area contributed by atoms with Crippen molar-refractivity contribution in [1.29, 1.82) is 0 Å². The fourth-order valence-electron chi connectivity index (χ4n) is 2.33. The highest BCUT2D eigenvalue weighted by Crippen LogP contribution is 2.15. The van der Waals surface area contributed by atoms with Gasteiger partial charge in [-0.3, -0.25) is 4.79 Å². The smallest absolute Gasteiger partial charge is 0.272 e. The van der Waals surface area contributed by atoms with Crippen LogP contribution in [0.25, 0.3) is 10.9 Å². The molecular formula is C18H16N2O2. The molecule has 0 atom stereocenters. The molecule has 1 N–H and O–H groups in total. The Balaban J connectivity index is 1.80. The molecule has 0 aliphatic carbocycles. The predicted octanol–water partition coefficient (Wildman–Crippen LogP) is 3.21. The largest absolute Gasteiger partial charge is 0.508 e. The third-order valence-electron chi connectivity index (χ3n) is 3.52. The third kappa shape index (κ3) is 2.91. The van der Waals surface area contributed by atoms with Gasteiger partial charge in [0, 0.05) is 19.0 Å². The van der Waals surface area contributed by atoms with Crippen molar-refractivity contribution in [2.45, 2.75) is 6.54 Å². The first kappa shape index (κ1) is 14.1. The molecule has 4 nitrogen and oxygen atoms in total. The van der Waals surface area contributed by atoms with Gasteiger partial charge in [0.2, 0.25) is 0 Å². The minimum absolute atomic E-state index is 0.126. The van der Waals surface area contributed by atoms with Crippen LogP contribution in [0.5, 0.6) is 5.75 Å². The van der Waals surface area contributed by atoms with Crippen molar-refractivity contribution in [3.8, 4) is 5.75 Å². The van der Waals surface area contributed by atoms with E-state index in [-0.39, 0.29) is 11.7 Å². The van der Waals surface area contributed by atoms with Crippen LogP contribution in [0.1, 0.15) is 16.1 Å². The zero-order valence-corrected chi connectivity index (χ0v) is 12.2. The molecule has 0 saturated carbocycles. The second kappa shape index (κ2) is 5.85. The molecule has 0 saturated heterocycles. The van der Waals surface area contributed by atoms with E-state index in [0.717, 1.165) is 16.5 Å². The average Bonchev–Trinajstić information content (AvgIpc) is 2.55. The number of nitrogens with zero attached hydrogens (tertiary/aromatic N) is 2. The first-order valence-corrected chi connectivity index (χ1v) is 7.02. The molecule has 22 heavy (non-hydrogen) atoms. The summed E-state index contributed by atoms with van der Waals surface area (Å²) in [7, 11) is 1.74. The second-order valence-electron chi connectivity index (χ2n) is 5.22. The van der Waals surface area contributed by atoms with Crippen LogP contribution in [0, 0.1) is 0 Å². The van der Waals surface area contributed by atoms with Crippen LogP contribution in [0.2, 0.25) is 0 Å². The molecule has 0 spiro atoms. The van der Waals surface area contributed by atoms with E-state index in [1.54, 1.807) is 42.3 Å². The van der Waals surface area contributed by atoms with E-state index in [1.807, 2.05) is 30.3 Å². The molecule has 0 unspecified atom stereocenters. The number of phenolic OH excluding ortho intramolecular Hbond substituents is 1. The van der Waals surface area contributed by atoms with Gasteiger partial charge in [0.1, 0.15) is 11.4 Å². The summed E-state index contributed by atoms with van der Waals surface area (Å²) < 4.78 is 0. The topological polar surface area (TPSA) is 53.4 Å². The molecule has 0 radical (unpaired) electrons. The van der Waals surface area contributed by atoms with Crippen molar-refractivity contribution in [2.75, 3.05) is 7.05 Å². The van der Waals surface area contributed by atoms with Crippen molar-refractivity contribution >= 4 is 16.8 Å². The summed E-state index contributed by atoms with van der Waals surface area (Å²) in [4.78, 5) is 18.5. The molecule has 2 aromatic carbocycles. The minimum atomic E-state index is -0.126. The van der Waals surface area contributed by atoms with Crippen LogP contribution in [0.4, 0.5) is 0 Å². The summed E-state index contributed by atoms with van der Waals surface area (Å²) in [5.74, 6) is 0.0905. The Kier molecular flexibility index (Phi) is 3.74. The predicted molar refractivity (Wildman–Crippen MR) is 85.6 cm³/mol. The van der Waals surface area contributed by atoms with Crippen LogP contribution in [0.3, 0.4) is 0 Å². The lowest BCUT2D eigenvalue weighted by atomic mass is 10.2. The van der Waals surface area contributed by atoms with Gasteiger partial charge in [-0.2, -0.15) is 0 Å². The number of aromatic hydroxyl groups is 1. The highest BCUT2D eigenvalue weighted by atomic mass is 16.3. The standard InChI is InChI=1S/C18H16N2O2/c1-20(12-13-6-9-15(21)10-7-13)18(22)17-11-8-14-4-2-3-5-16(14)19-17/h2-11,21H,12H2,1H3. The lowest BCUT2D eigenvalue weighted by molar-refractivity contribution is 0.0779. The number of aromatic nitrogens is 1. The molecule has 1 aromatic heterocycles. The number of carbonyl (C=O) groups is 1. The lowest BCUT2D eigenvalue weighted by Gasteiger charge is -2.17. The van der Waals surface area contributed by atoms with Crippen LogP contribution < -0.4 is 0 Å². The van der Waals surface area contributed by atoms with Gasteiger partial charge in [0.05, 0.1) is 5.52 Å². The number of rotatable bonds is 3. The highest BCUT2D eigenvalue weighted by molar-refractivity contribution is 5.94. The Bertz CT molecular complexity index is 813. The summed E-state index contributed by atoms with van der Waals surface area (Å²) in [6, 6.07) is 18.2. The van der Waals surface area contributed by atoms with Crippen molar-refractivity contribution in [3.63, 3.8) is 0 Å². The third-order valence-corrected chi connectivity index (χ3v) is 3.52. The number of fused-ring (bicyclic) bond motifs is 1. The van der Waals surface area contributed by atoms with Gasteiger partial charge in [-0.05, 0) is 29.8 Å². The number of hydrogen-bond donors (Lipinski definition) is 1. The number of benzene rings is 2. The SMILES string of the molecule is CN(Cc1ccc(O)cc1)C(=O)c1ccc2ccccc2n1. The van der Waals surface area contributed by atoms with Crippen molar-refractivity contribution in [1.82, 2.24) is 9.88 Å². The second-order valence-corrected chi connectivity index (χ2v) is 5.22. The molecule has 3 aromatic rings. The van der Waals surface area contributed by atoms with Gasteiger partial charge in [-0.25, -0.2) is 4.98 Å². The van der Waals surface area contributed by atoms with E-state index in [0.29, 0.717) is 12.2 Å². The Morgan fingerprint density at radius 2 is 1.77 bits per heavy atom. The first-order valence-electron chi connectivity index (χ1n) is 7.02. The quantitative estimate of drug-likeness (QED) is 0.806. The maximum atomic E-state index is 12.5. The molecular weight excluding hydrogens is 276 g/mol. The fourth-order valence-corrected chi connectivity index (χ4v) is 2.33. The van der Waals surface area contributed by atoms with Crippen molar-refractivity contribution < 1.29 is 9.90 Å². The van der Waals surface area contributed by atoms with Gasteiger partial charge in [-0.15, -0.1) is 0 Å². The van der Waals surface area contributed by atoms with Crippen molar-refractivity contribution in [2.24, 2.45) is 0 Å². The minimum Gasteiger partial charge on any atom is -0.508 e. The van der Waals surface area contributed by atoms with Gasteiger partial charge >= 0.3 is 0 Å². The normalized spacial score (nSPS) is 10.6. The summed E-state index contributed by atoms with van der Waals surface area (Å²) in [5, 5.41) is 10.3. The number of para-hydroxylation sites is 1. The van der Waals surface area contributed by atoms with E-state index in [9.17, 15) is 9.90 Å².